The fourth-order valence-electron chi connectivity index (χ4n) is 3.14. The molecule has 5 N–H and O–H groups in total. The first kappa shape index (κ1) is 17.5. The second kappa shape index (κ2) is 7.31. The number of anilines is 1. The van der Waals surface area contributed by atoms with E-state index in [1.54, 1.807) is 25.3 Å². The van der Waals surface area contributed by atoms with E-state index < -0.39 is 5.60 Å². The predicted molar refractivity (Wildman–Crippen MR) is 97.5 cm³/mol. The van der Waals surface area contributed by atoms with Gasteiger partial charge in [0.25, 0.3) is 5.91 Å². The lowest BCUT2D eigenvalue weighted by Crippen LogP contribution is -2.50. The SMILES string of the molecule is CC(O)(CN)C1CC(c2ccc(C(=O)Nc3ccccn3)cc2)CN1. The zero-order valence-corrected chi connectivity index (χ0v) is 14.3. The number of aromatic nitrogens is 1. The lowest BCUT2D eigenvalue weighted by Gasteiger charge is -2.28. The van der Waals surface area contributed by atoms with Crippen LogP contribution in [0.3, 0.4) is 0 Å². The van der Waals surface area contributed by atoms with Crippen LogP contribution in [0.4, 0.5) is 5.82 Å². The molecule has 6 heteroatoms. The number of rotatable bonds is 5. The van der Waals surface area contributed by atoms with Gasteiger partial charge in [-0.15, -0.1) is 0 Å². The van der Waals surface area contributed by atoms with E-state index in [9.17, 15) is 9.90 Å². The van der Waals surface area contributed by atoms with Gasteiger partial charge in [-0.3, -0.25) is 4.79 Å². The highest BCUT2D eigenvalue weighted by Gasteiger charge is 2.37. The van der Waals surface area contributed by atoms with E-state index in [1.165, 1.54) is 0 Å². The van der Waals surface area contributed by atoms with Gasteiger partial charge in [0, 0.05) is 30.9 Å². The second-order valence-electron chi connectivity index (χ2n) is 6.75. The molecule has 2 aromatic rings. The highest BCUT2D eigenvalue weighted by atomic mass is 16.3. The molecular formula is C19H24N4O2. The fourth-order valence-corrected chi connectivity index (χ4v) is 3.14. The fraction of sp³-hybridized carbons (Fsp3) is 0.368. The number of carbonyl (C=O) groups excluding carboxylic acids is 1. The molecule has 1 aliphatic heterocycles. The molecule has 3 atom stereocenters. The van der Waals surface area contributed by atoms with E-state index in [0.29, 0.717) is 17.3 Å². The smallest absolute Gasteiger partial charge is 0.256 e. The Morgan fingerprint density at radius 2 is 2.12 bits per heavy atom. The molecule has 1 aromatic carbocycles. The first-order valence-corrected chi connectivity index (χ1v) is 8.48. The number of benzene rings is 1. The Morgan fingerprint density at radius 3 is 2.76 bits per heavy atom. The van der Waals surface area contributed by atoms with Crippen LogP contribution < -0.4 is 16.4 Å². The molecular weight excluding hydrogens is 316 g/mol. The van der Waals surface area contributed by atoms with Gasteiger partial charge in [-0.25, -0.2) is 4.98 Å². The number of hydrogen-bond donors (Lipinski definition) is 4. The number of aliphatic hydroxyl groups is 1. The Hall–Kier alpha value is -2.28. The maximum atomic E-state index is 12.3. The van der Waals surface area contributed by atoms with Crippen LogP contribution in [-0.2, 0) is 0 Å². The first-order valence-electron chi connectivity index (χ1n) is 8.48. The van der Waals surface area contributed by atoms with E-state index in [4.69, 9.17) is 5.73 Å². The van der Waals surface area contributed by atoms with Crippen molar-refractivity contribution in [3.8, 4) is 0 Å². The summed E-state index contributed by atoms with van der Waals surface area (Å²) in [7, 11) is 0. The number of pyridine rings is 1. The van der Waals surface area contributed by atoms with Crippen molar-refractivity contribution in [2.24, 2.45) is 5.73 Å². The molecule has 3 unspecified atom stereocenters. The van der Waals surface area contributed by atoms with Gasteiger partial charge in [0.1, 0.15) is 5.82 Å². The molecule has 0 bridgehead atoms. The van der Waals surface area contributed by atoms with Crippen LogP contribution in [0, 0.1) is 0 Å². The van der Waals surface area contributed by atoms with Crippen LogP contribution in [0.5, 0.6) is 0 Å². The summed E-state index contributed by atoms with van der Waals surface area (Å²) in [6.07, 6.45) is 2.46. The lowest BCUT2D eigenvalue weighted by molar-refractivity contribution is 0.0342. The van der Waals surface area contributed by atoms with Gasteiger partial charge in [0.05, 0.1) is 5.60 Å². The summed E-state index contributed by atoms with van der Waals surface area (Å²) in [5, 5.41) is 16.4. The van der Waals surface area contributed by atoms with Crippen molar-refractivity contribution in [2.75, 3.05) is 18.4 Å². The van der Waals surface area contributed by atoms with Crippen molar-refractivity contribution in [2.45, 2.75) is 30.9 Å². The summed E-state index contributed by atoms with van der Waals surface area (Å²) in [4.78, 5) is 16.3. The second-order valence-corrected chi connectivity index (χ2v) is 6.75. The highest BCUT2D eigenvalue weighted by molar-refractivity contribution is 6.03. The van der Waals surface area contributed by atoms with Gasteiger partial charge in [-0.1, -0.05) is 18.2 Å². The van der Waals surface area contributed by atoms with E-state index in [1.807, 2.05) is 30.3 Å². The van der Waals surface area contributed by atoms with Crippen LogP contribution in [0.2, 0.25) is 0 Å². The summed E-state index contributed by atoms with van der Waals surface area (Å²) in [6.45, 7) is 2.78. The summed E-state index contributed by atoms with van der Waals surface area (Å²) >= 11 is 0. The van der Waals surface area contributed by atoms with E-state index in [0.717, 1.165) is 18.5 Å². The Labute approximate surface area is 147 Å². The largest absolute Gasteiger partial charge is 0.387 e. The van der Waals surface area contributed by atoms with Gasteiger partial charge in [-0.2, -0.15) is 0 Å². The standard InChI is InChI=1S/C19H24N4O2/c1-19(25,12-20)16-10-15(11-22-16)13-5-7-14(8-6-13)18(24)23-17-4-2-3-9-21-17/h2-9,15-16,22,25H,10-12,20H2,1H3,(H,21,23,24). The average Bonchev–Trinajstić information content (AvgIpc) is 3.14. The van der Waals surface area contributed by atoms with Crippen LogP contribution in [-0.4, -0.2) is 40.7 Å². The van der Waals surface area contributed by atoms with Crippen LogP contribution in [0.15, 0.2) is 48.7 Å². The summed E-state index contributed by atoms with van der Waals surface area (Å²) < 4.78 is 0. The predicted octanol–water partition coefficient (Wildman–Crippen LogP) is 1.49. The highest BCUT2D eigenvalue weighted by Crippen LogP contribution is 2.30. The monoisotopic (exact) mass is 340 g/mol. The van der Waals surface area contributed by atoms with Gasteiger partial charge < -0.3 is 21.5 Å². The van der Waals surface area contributed by atoms with E-state index >= 15 is 0 Å². The normalized spacial score (nSPS) is 22.4. The Kier molecular flexibility index (Phi) is 5.13. The third kappa shape index (κ3) is 4.04. The first-order chi connectivity index (χ1) is 12.0. The molecule has 132 valence electrons. The minimum Gasteiger partial charge on any atom is -0.387 e. The molecule has 2 heterocycles. The number of carbonyl (C=O) groups is 1. The molecule has 1 amide bonds. The van der Waals surface area contributed by atoms with E-state index in [2.05, 4.69) is 15.6 Å². The molecule has 0 aliphatic carbocycles. The molecule has 25 heavy (non-hydrogen) atoms. The molecule has 3 rings (SSSR count). The molecule has 1 fully saturated rings. The Bertz CT molecular complexity index is 716. The molecule has 1 saturated heterocycles. The Balaban J connectivity index is 1.64. The molecule has 1 aromatic heterocycles. The van der Waals surface area contributed by atoms with Crippen molar-refractivity contribution in [3.63, 3.8) is 0 Å². The number of nitrogens with one attached hydrogen (secondary N) is 2. The van der Waals surface area contributed by atoms with Crippen molar-refractivity contribution < 1.29 is 9.90 Å². The summed E-state index contributed by atoms with van der Waals surface area (Å²) in [5.74, 6) is 0.651. The number of nitrogens with two attached hydrogens (primary N) is 1. The lowest BCUT2D eigenvalue weighted by atomic mass is 9.89. The molecule has 1 aliphatic rings. The minimum atomic E-state index is -0.905. The third-order valence-corrected chi connectivity index (χ3v) is 4.85. The molecule has 0 saturated carbocycles. The maximum Gasteiger partial charge on any atom is 0.256 e. The average molecular weight is 340 g/mol. The van der Waals surface area contributed by atoms with Crippen molar-refractivity contribution >= 4 is 11.7 Å². The van der Waals surface area contributed by atoms with Gasteiger partial charge in [0.15, 0.2) is 0 Å². The molecule has 0 spiro atoms. The zero-order valence-electron chi connectivity index (χ0n) is 14.3. The van der Waals surface area contributed by atoms with Crippen molar-refractivity contribution in [3.05, 3.63) is 59.8 Å². The Morgan fingerprint density at radius 1 is 1.36 bits per heavy atom. The van der Waals surface area contributed by atoms with Crippen LogP contribution in [0.1, 0.15) is 35.2 Å². The zero-order chi connectivity index (χ0) is 17.9. The topological polar surface area (TPSA) is 100 Å². The number of nitrogens with zero attached hydrogens (tertiary/aromatic N) is 1. The summed E-state index contributed by atoms with van der Waals surface area (Å²) in [6, 6.07) is 12.9. The maximum absolute atomic E-state index is 12.3. The minimum absolute atomic E-state index is 0.0189. The van der Waals surface area contributed by atoms with Crippen LogP contribution in [0.25, 0.3) is 0 Å². The van der Waals surface area contributed by atoms with E-state index in [-0.39, 0.29) is 18.5 Å². The van der Waals surface area contributed by atoms with Gasteiger partial charge in [-0.05, 0) is 49.1 Å². The number of hydrogen-bond acceptors (Lipinski definition) is 5. The summed E-state index contributed by atoms with van der Waals surface area (Å²) in [5.41, 5.74) is 6.48. The number of amides is 1. The molecule has 6 nitrogen and oxygen atoms in total. The van der Waals surface area contributed by atoms with Crippen LogP contribution >= 0.6 is 0 Å². The van der Waals surface area contributed by atoms with Gasteiger partial charge in [0.2, 0.25) is 0 Å². The third-order valence-electron chi connectivity index (χ3n) is 4.85. The quantitative estimate of drug-likeness (QED) is 0.661. The van der Waals surface area contributed by atoms with Crippen molar-refractivity contribution in [1.29, 1.82) is 0 Å². The van der Waals surface area contributed by atoms with Gasteiger partial charge >= 0.3 is 0 Å². The van der Waals surface area contributed by atoms with Crippen molar-refractivity contribution in [1.82, 2.24) is 10.3 Å². The molecule has 0 radical (unpaired) electrons.